The van der Waals surface area contributed by atoms with Crippen molar-refractivity contribution in [3.05, 3.63) is 35.4 Å². The molecule has 1 aliphatic heterocycles. The number of hydrogen-bond donors (Lipinski definition) is 2. The maximum atomic E-state index is 4.35. The number of likely N-dealkylation sites (N-methyl/N-ethyl adjacent to an activating group) is 1. The fraction of sp³-hybridized carbons (Fsp3) is 0.682. The molecule has 6 heteroatoms. The fourth-order valence-electron chi connectivity index (χ4n) is 3.37. The van der Waals surface area contributed by atoms with Crippen molar-refractivity contribution in [2.75, 3.05) is 59.9 Å². The lowest BCUT2D eigenvalue weighted by Gasteiger charge is -2.21. The van der Waals surface area contributed by atoms with Crippen molar-refractivity contribution >= 4 is 29.9 Å². The first-order valence-electron chi connectivity index (χ1n) is 10.3. The lowest BCUT2D eigenvalue weighted by Crippen LogP contribution is -2.42. The maximum Gasteiger partial charge on any atom is 0.191 e. The molecule has 160 valence electrons. The summed E-state index contributed by atoms with van der Waals surface area (Å²) in [5.41, 5.74) is 2.96. The van der Waals surface area contributed by atoms with E-state index in [9.17, 15) is 0 Å². The van der Waals surface area contributed by atoms with E-state index in [1.54, 1.807) is 0 Å². The first-order valence-corrected chi connectivity index (χ1v) is 10.3. The molecule has 1 heterocycles. The third kappa shape index (κ3) is 9.09. The molecule has 1 aromatic rings. The predicted octanol–water partition coefficient (Wildman–Crippen LogP) is 2.95. The Bertz CT molecular complexity index is 580. The molecule has 0 spiro atoms. The van der Waals surface area contributed by atoms with E-state index in [-0.39, 0.29) is 29.4 Å². The van der Waals surface area contributed by atoms with Gasteiger partial charge < -0.3 is 20.4 Å². The van der Waals surface area contributed by atoms with Crippen LogP contribution in [-0.2, 0) is 11.8 Å². The number of benzene rings is 1. The molecular weight excluding hydrogens is 461 g/mol. The summed E-state index contributed by atoms with van der Waals surface area (Å²) < 4.78 is 0. The second-order valence-corrected chi connectivity index (χ2v) is 8.62. The normalized spacial score (nSPS) is 17.0. The summed E-state index contributed by atoms with van der Waals surface area (Å²) in [5, 5.41) is 6.88. The predicted molar refractivity (Wildman–Crippen MR) is 132 cm³/mol. The van der Waals surface area contributed by atoms with Crippen molar-refractivity contribution < 1.29 is 0 Å². The van der Waals surface area contributed by atoms with E-state index in [1.807, 2.05) is 7.05 Å². The lowest BCUT2D eigenvalue weighted by molar-refractivity contribution is 0.280. The van der Waals surface area contributed by atoms with Gasteiger partial charge in [-0.25, -0.2) is 0 Å². The zero-order valence-corrected chi connectivity index (χ0v) is 20.8. The Labute approximate surface area is 189 Å². The molecule has 0 aliphatic carbocycles. The molecule has 0 atom stereocenters. The van der Waals surface area contributed by atoms with Gasteiger partial charge in [0.15, 0.2) is 5.96 Å². The zero-order chi connectivity index (χ0) is 19.7. The zero-order valence-electron chi connectivity index (χ0n) is 18.4. The molecule has 0 saturated carbocycles. The standard InChI is InChI=1S/C22H39N5.HI/c1-22(2,3)20-9-7-19(8-10-20)11-12-24-21(23-4)25-13-16-27-15-6-14-26(5)17-18-27;/h7-10H,6,11-18H2,1-5H3,(H2,23,24,25);1H. The minimum atomic E-state index is 0. The highest BCUT2D eigenvalue weighted by molar-refractivity contribution is 14.0. The first-order chi connectivity index (χ1) is 12.9. The van der Waals surface area contributed by atoms with Crippen LogP contribution in [0.4, 0.5) is 0 Å². The molecule has 1 aromatic carbocycles. The Morgan fingerprint density at radius 2 is 1.68 bits per heavy atom. The van der Waals surface area contributed by atoms with Crippen LogP contribution in [0.1, 0.15) is 38.3 Å². The minimum absolute atomic E-state index is 0. The third-order valence-electron chi connectivity index (χ3n) is 5.28. The minimum Gasteiger partial charge on any atom is -0.356 e. The molecule has 2 N–H and O–H groups in total. The van der Waals surface area contributed by atoms with Crippen molar-refractivity contribution in [3.8, 4) is 0 Å². The summed E-state index contributed by atoms with van der Waals surface area (Å²) in [7, 11) is 4.05. The van der Waals surface area contributed by atoms with Gasteiger partial charge in [-0.2, -0.15) is 0 Å². The Balaban J connectivity index is 0.00000392. The molecule has 5 nitrogen and oxygen atoms in total. The summed E-state index contributed by atoms with van der Waals surface area (Å²) in [4.78, 5) is 9.31. The van der Waals surface area contributed by atoms with E-state index in [0.717, 1.165) is 38.6 Å². The van der Waals surface area contributed by atoms with Gasteiger partial charge in [-0.05, 0) is 49.5 Å². The van der Waals surface area contributed by atoms with E-state index in [1.165, 1.54) is 37.2 Å². The van der Waals surface area contributed by atoms with Gasteiger partial charge in [0, 0.05) is 39.8 Å². The Morgan fingerprint density at radius 1 is 1.00 bits per heavy atom. The van der Waals surface area contributed by atoms with E-state index in [0.29, 0.717) is 0 Å². The Kier molecular flexibility index (Phi) is 11.4. The van der Waals surface area contributed by atoms with Crippen LogP contribution in [0.3, 0.4) is 0 Å². The molecule has 0 aromatic heterocycles. The van der Waals surface area contributed by atoms with Crippen molar-refractivity contribution in [3.63, 3.8) is 0 Å². The van der Waals surface area contributed by atoms with Gasteiger partial charge in [-0.15, -0.1) is 24.0 Å². The number of aliphatic imine (C=N–C) groups is 1. The van der Waals surface area contributed by atoms with Crippen LogP contribution in [-0.4, -0.2) is 75.7 Å². The number of nitrogens with one attached hydrogen (secondary N) is 2. The highest BCUT2D eigenvalue weighted by Gasteiger charge is 2.13. The van der Waals surface area contributed by atoms with Crippen LogP contribution < -0.4 is 10.6 Å². The monoisotopic (exact) mass is 501 g/mol. The van der Waals surface area contributed by atoms with Gasteiger partial charge in [0.2, 0.25) is 0 Å². The van der Waals surface area contributed by atoms with Gasteiger partial charge in [0.25, 0.3) is 0 Å². The number of guanidine groups is 1. The van der Waals surface area contributed by atoms with E-state index in [4.69, 9.17) is 0 Å². The Hall–Kier alpha value is -0.860. The van der Waals surface area contributed by atoms with Gasteiger partial charge >= 0.3 is 0 Å². The average Bonchev–Trinajstić information content (AvgIpc) is 2.84. The molecule has 0 unspecified atom stereocenters. The molecule has 1 fully saturated rings. The summed E-state index contributed by atoms with van der Waals surface area (Å²) in [5.74, 6) is 0.897. The van der Waals surface area contributed by atoms with Crippen molar-refractivity contribution in [2.24, 2.45) is 4.99 Å². The topological polar surface area (TPSA) is 42.9 Å². The van der Waals surface area contributed by atoms with E-state index >= 15 is 0 Å². The van der Waals surface area contributed by atoms with Crippen LogP contribution in [0.15, 0.2) is 29.3 Å². The third-order valence-corrected chi connectivity index (χ3v) is 5.28. The summed E-state index contributed by atoms with van der Waals surface area (Å²) in [6, 6.07) is 8.99. The smallest absolute Gasteiger partial charge is 0.191 e. The first kappa shape index (κ1) is 25.2. The highest BCUT2D eigenvalue weighted by Crippen LogP contribution is 2.22. The molecule has 0 amide bonds. The SMILES string of the molecule is CN=C(NCCc1ccc(C(C)(C)C)cc1)NCCN1CCCN(C)CC1.I. The summed E-state index contributed by atoms with van der Waals surface area (Å²) >= 11 is 0. The molecular formula is C22H40IN5. The lowest BCUT2D eigenvalue weighted by atomic mass is 9.86. The highest BCUT2D eigenvalue weighted by atomic mass is 127. The fourth-order valence-corrected chi connectivity index (χ4v) is 3.37. The number of halogens is 1. The van der Waals surface area contributed by atoms with Crippen LogP contribution in [0, 0.1) is 0 Å². The van der Waals surface area contributed by atoms with Crippen molar-refractivity contribution in [1.82, 2.24) is 20.4 Å². The number of rotatable bonds is 6. The van der Waals surface area contributed by atoms with Gasteiger partial charge in [-0.3, -0.25) is 4.99 Å². The van der Waals surface area contributed by atoms with Crippen molar-refractivity contribution in [2.45, 2.75) is 39.0 Å². The molecule has 28 heavy (non-hydrogen) atoms. The van der Waals surface area contributed by atoms with Crippen LogP contribution in [0.2, 0.25) is 0 Å². The quantitative estimate of drug-likeness (QED) is 0.358. The van der Waals surface area contributed by atoms with E-state index < -0.39 is 0 Å². The largest absolute Gasteiger partial charge is 0.356 e. The summed E-state index contributed by atoms with van der Waals surface area (Å²) in [6.45, 7) is 14.4. The Morgan fingerprint density at radius 3 is 2.32 bits per heavy atom. The van der Waals surface area contributed by atoms with Gasteiger partial charge in [-0.1, -0.05) is 45.0 Å². The number of nitrogens with zero attached hydrogens (tertiary/aromatic N) is 3. The molecule has 0 bridgehead atoms. The average molecular weight is 502 g/mol. The van der Waals surface area contributed by atoms with Gasteiger partial charge in [0.1, 0.15) is 0 Å². The molecule has 2 rings (SSSR count). The second-order valence-electron chi connectivity index (χ2n) is 8.62. The van der Waals surface area contributed by atoms with Crippen LogP contribution >= 0.6 is 24.0 Å². The molecule has 1 aliphatic rings. The second kappa shape index (κ2) is 12.6. The number of hydrogen-bond acceptors (Lipinski definition) is 3. The molecule has 0 radical (unpaired) electrons. The summed E-state index contributed by atoms with van der Waals surface area (Å²) in [6.07, 6.45) is 2.26. The van der Waals surface area contributed by atoms with Gasteiger partial charge in [0.05, 0.1) is 0 Å². The van der Waals surface area contributed by atoms with Crippen molar-refractivity contribution in [1.29, 1.82) is 0 Å². The molecule has 1 saturated heterocycles. The van der Waals surface area contributed by atoms with Crippen LogP contribution in [0.25, 0.3) is 0 Å². The maximum absolute atomic E-state index is 4.35. The van der Waals surface area contributed by atoms with E-state index in [2.05, 4.69) is 77.5 Å². The van der Waals surface area contributed by atoms with Crippen LogP contribution in [0.5, 0.6) is 0 Å².